The van der Waals surface area contributed by atoms with Crippen LogP contribution < -0.4 is 0 Å². The van der Waals surface area contributed by atoms with Crippen LogP contribution in [-0.4, -0.2) is 48.1 Å². The van der Waals surface area contributed by atoms with E-state index >= 15 is 0 Å². The number of alkyl halides is 13. The maximum absolute atomic E-state index is 12.7. The molecule has 1 atom stereocenters. The summed E-state index contributed by atoms with van der Waals surface area (Å²) in [4.78, 5) is -0.113. The fourth-order valence-electron chi connectivity index (χ4n) is 0.905. The second-order valence-corrected chi connectivity index (χ2v) is 3.29. The first-order chi connectivity index (χ1) is 9.37. The van der Waals surface area contributed by atoms with Gasteiger partial charge in [0.1, 0.15) is 0 Å². The Bertz CT molecular complexity index is 292. The van der Waals surface area contributed by atoms with Gasteiger partial charge in [-0.15, -0.1) is 4.90 Å². The van der Waals surface area contributed by atoms with Gasteiger partial charge in [0.15, 0.2) is 0 Å². The highest BCUT2D eigenvalue weighted by Gasteiger charge is 2.59. The van der Waals surface area contributed by atoms with Crippen LogP contribution >= 0.6 is 0 Å². The van der Waals surface area contributed by atoms with Gasteiger partial charge in [0.25, 0.3) is 0 Å². The fraction of sp³-hybridized carbons (Fsp3) is 1.00. The summed E-state index contributed by atoms with van der Waals surface area (Å²) in [6.07, 6.45) is -29.8. The first-order valence-corrected chi connectivity index (χ1v) is 4.52. The predicted molar refractivity (Wildman–Crippen MR) is 38.7 cm³/mol. The highest BCUT2D eigenvalue weighted by atomic mass is 19.4. The summed E-state index contributed by atoms with van der Waals surface area (Å²) < 4.78 is 155. The van der Waals surface area contributed by atoms with Gasteiger partial charge in [0, 0.05) is 5.06 Å². The molecule has 0 bridgehead atoms. The predicted octanol–water partition coefficient (Wildman–Crippen LogP) is 3.90. The van der Waals surface area contributed by atoms with E-state index in [1.165, 1.54) is 0 Å². The third-order valence-electron chi connectivity index (χ3n) is 1.62. The van der Waals surface area contributed by atoms with Crippen molar-refractivity contribution in [2.45, 2.75) is 31.6 Å². The maximum atomic E-state index is 12.7. The lowest BCUT2D eigenvalue weighted by Gasteiger charge is -2.30. The Morgan fingerprint density at radius 2 is 0.955 bits per heavy atom. The third kappa shape index (κ3) is 6.39. The Labute approximate surface area is 111 Å². The molecule has 0 heterocycles. The zero-order valence-corrected chi connectivity index (χ0v) is 9.50. The van der Waals surface area contributed by atoms with E-state index in [2.05, 4.69) is 4.84 Å². The molecule has 0 N–H and O–H groups in total. The molecule has 0 aromatic heterocycles. The number of halogens is 13. The maximum Gasteiger partial charge on any atom is 0.490 e. The summed E-state index contributed by atoms with van der Waals surface area (Å²) in [6.45, 7) is -3.00. The van der Waals surface area contributed by atoms with Crippen LogP contribution in [0, 0.1) is 0 Å². The zero-order valence-electron chi connectivity index (χ0n) is 9.50. The van der Waals surface area contributed by atoms with Crippen molar-refractivity contribution in [1.29, 1.82) is 0 Å². The number of nitrogens with zero attached hydrogens (tertiary/aromatic N) is 2. The number of hydrogen-bond donors (Lipinski definition) is 0. The Balaban J connectivity index is 5.15. The van der Waals surface area contributed by atoms with Gasteiger partial charge in [-0.05, 0) is 0 Å². The molecule has 0 saturated heterocycles. The second-order valence-electron chi connectivity index (χ2n) is 3.29. The van der Waals surface area contributed by atoms with Crippen molar-refractivity contribution in [3.63, 3.8) is 0 Å². The second kappa shape index (κ2) is 6.23. The third-order valence-corrected chi connectivity index (χ3v) is 1.62. The molecule has 16 heteroatoms. The average molecular weight is 366 g/mol. The monoisotopic (exact) mass is 366 g/mol. The Morgan fingerprint density at radius 3 is 1.18 bits per heavy atom. The van der Waals surface area contributed by atoms with Crippen LogP contribution in [-0.2, 0) is 4.84 Å². The summed E-state index contributed by atoms with van der Waals surface area (Å²) in [5.41, 5.74) is 0. The minimum absolute atomic E-state index is 2.48. The Morgan fingerprint density at radius 1 is 0.636 bits per heavy atom. The normalized spacial score (nSPS) is 16.5. The summed E-state index contributed by atoms with van der Waals surface area (Å²) >= 11 is 0. The molecule has 0 amide bonds. The summed E-state index contributed by atoms with van der Waals surface area (Å²) in [5.74, 6) is 0. The van der Waals surface area contributed by atoms with Crippen LogP contribution in [0.3, 0.4) is 0 Å². The summed E-state index contributed by atoms with van der Waals surface area (Å²) in [6, 6.07) is 0. The highest BCUT2D eigenvalue weighted by Crippen LogP contribution is 2.37. The van der Waals surface area contributed by atoms with E-state index in [9.17, 15) is 57.1 Å². The van der Waals surface area contributed by atoms with Gasteiger partial charge >= 0.3 is 25.2 Å². The molecule has 0 rings (SSSR count). The Hall–Kier alpha value is -1.03. The van der Waals surface area contributed by atoms with Crippen molar-refractivity contribution in [2.75, 3.05) is 6.54 Å². The lowest BCUT2D eigenvalue weighted by atomic mass is 10.5. The van der Waals surface area contributed by atoms with Crippen molar-refractivity contribution in [3.05, 3.63) is 0 Å². The molecule has 0 aromatic carbocycles. The quantitative estimate of drug-likeness (QED) is 0.427. The summed E-state index contributed by atoms with van der Waals surface area (Å²) in [7, 11) is 0. The molecule has 0 saturated carbocycles. The van der Waals surface area contributed by atoms with E-state index in [1.807, 2.05) is 0 Å². The molecule has 0 aromatic rings. The number of rotatable bonds is 4. The molecule has 22 heavy (non-hydrogen) atoms. The first-order valence-electron chi connectivity index (χ1n) is 4.52. The molecule has 0 radical (unpaired) electrons. The van der Waals surface area contributed by atoms with Gasteiger partial charge in [-0.3, -0.25) is 0 Å². The van der Waals surface area contributed by atoms with Gasteiger partial charge in [0.05, 0.1) is 6.54 Å². The molecule has 0 fully saturated rings. The molecule has 0 aliphatic heterocycles. The van der Waals surface area contributed by atoms with Gasteiger partial charge in [-0.1, -0.05) is 0 Å². The average Bonchev–Trinajstić information content (AvgIpc) is 2.15. The van der Waals surface area contributed by atoms with Gasteiger partial charge < -0.3 is 0 Å². The SMILES string of the molecule is FC(CN(C(F)(F)F)C(F)(F)F)ON(C(F)(F)F)C(F)(F)F. The van der Waals surface area contributed by atoms with E-state index in [-0.39, 0.29) is 0 Å². The van der Waals surface area contributed by atoms with Crippen molar-refractivity contribution in [2.24, 2.45) is 0 Å². The molecule has 0 aliphatic rings. The van der Waals surface area contributed by atoms with E-state index in [0.29, 0.717) is 0 Å². The standard InChI is InChI=1S/C6H3F13N2O/c7-2(1-20(3(8,9)10)4(11,12)13)22-21(5(14,15)16)6(17,18)19/h2H,1H2. The lowest BCUT2D eigenvalue weighted by molar-refractivity contribution is -0.503. The smallest absolute Gasteiger partial charge is 0.245 e. The van der Waals surface area contributed by atoms with Crippen LogP contribution in [0.15, 0.2) is 0 Å². The number of hydrogen-bond acceptors (Lipinski definition) is 3. The van der Waals surface area contributed by atoms with Gasteiger partial charge in [-0.2, -0.15) is 52.7 Å². The van der Waals surface area contributed by atoms with Crippen molar-refractivity contribution < 1.29 is 61.9 Å². The first kappa shape index (κ1) is 21.0. The van der Waals surface area contributed by atoms with Gasteiger partial charge in [0.2, 0.25) is 6.36 Å². The molecule has 0 spiro atoms. The molecule has 3 nitrogen and oxygen atoms in total. The van der Waals surface area contributed by atoms with E-state index in [1.54, 1.807) is 0 Å². The minimum atomic E-state index is -6.45. The van der Waals surface area contributed by atoms with Crippen LogP contribution in [0.25, 0.3) is 0 Å². The Kier molecular flexibility index (Phi) is 5.94. The van der Waals surface area contributed by atoms with Gasteiger partial charge in [-0.25, -0.2) is 9.23 Å². The highest BCUT2D eigenvalue weighted by molar-refractivity contribution is 4.65. The molecule has 134 valence electrons. The summed E-state index contributed by atoms with van der Waals surface area (Å²) in [5, 5.41) is -2.96. The van der Waals surface area contributed by atoms with E-state index < -0.39 is 48.1 Å². The van der Waals surface area contributed by atoms with Crippen LogP contribution in [0.1, 0.15) is 0 Å². The molecule has 1 unspecified atom stereocenters. The van der Waals surface area contributed by atoms with Crippen LogP contribution in [0.2, 0.25) is 0 Å². The lowest BCUT2D eigenvalue weighted by Crippen LogP contribution is -2.54. The largest absolute Gasteiger partial charge is 0.490 e. The van der Waals surface area contributed by atoms with E-state index in [4.69, 9.17) is 0 Å². The molecular formula is C6H3F13N2O. The topological polar surface area (TPSA) is 15.7 Å². The van der Waals surface area contributed by atoms with E-state index in [0.717, 1.165) is 0 Å². The molecular weight excluding hydrogens is 363 g/mol. The number of hydroxylamine groups is 2. The van der Waals surface area contributed by atoms with Crippen molar-refractivity contribution in [3.8, 4) is 0 Å². The molecule has 0 aliphatic carbocycles. The van der Waals surface area contributed by atoms with Crippen LogP contribution in [0.5, 0.6) is 0 Å². The minimum Gasteiger partial charge on any atom is -0.245 e. The van der Waals surface area contributed by atoms with Crippen molar-refractivity contribution in [1.82, 2.24) is 9.96 Å². The van der Waals surface area contributed by atoms with Crippen molar-refractivity contribution >= 4 is 0 Å². The fourth-order valence-corrected chi connectivity index (χ4v) is 0.905. The zero-order chi connectivity index (χ0) is 18.1. The van der Waals surface area contributed by atoms with Crippen LogP contribution in [0.4, 0.5) is 57.1 Å².